The van der Waals surface area contributed by atoms with Gasteiger partial charge in [-0.1, -0.05) is 30.7 Å². The monoisotopic (exact) mass is 416 g/mol. The van der Waals surface area contributed by atoms with Gasteiger partial charge < -0.3 is 5.32 Å². The van der Waals surface area contributed by atoms with Crippen LogP contribution in [0.25, 0.3) is 0 Å². The summed E-state index contributed by atoms with van der Waals surface area (Å²) in [6.45, 7) is 1.45. The quantitative estimate of drug-likeness (QED) is 0.785. The van der Waals surface area contributed by atoms with Gasteiger partial charge >= 0.3 is 0 Å². The molecule has 0 spiro atoms. The van der Waals surface area contributed by atoms with E-state index in [-0.39, 0.29) is 16.6 Å². The lowest BCUT2D eigenvalue weighted by Crippen LogP contribution is -2.49. The number of carbonyl (C=O) groups is 1. The molecule has 5 nitrogen and oxygen atoms in total. The van der Waals surface area contributed by atoms with Crippen molar-refractivity contribution in [1.29, 1.82) is 0 Å². The SMILES string of the molecule is O=C(NCc1ccc(S(=O)(=O)N2CCCC2)cc1)C1(c2cccc(F)c2)CCC1. The van der Waals surface area contributed by atoms with E-state index in [0.717, 1.165) is 24.8 Å². The third-order valence-corrected chi connectivity index (χ3v) is 8.01. The Labute approximate surface area is 171 Å². The Hall–Kier alpha value is -2.25. The van der Waals surface area contributed by atoms with Crippen LogP contribution in [-0.2, 0) is 26.8 Å². The number of nitrogens with zero attached hydrogens (tertiary/aromatic N) is 1. The molecule has 1 aliphatic carbocycles. The summed E-state index contributed by atoms with van der Waals surface area (Å²) in [4.78, 5) is 13.2. The maximum Gasteiger partial charge on any atom is 0.243 e. The van der Waals surface area contributed by atoms with Crippen LogP contribution in [0.1, 0.15) is 43.2 Å². The molecule has 2 fully saturated rings. The molecule has 1 saturated carbocycles. The van der Waals surface area contributed by atoms with Crippen LogP contribution in [0.4, 0.5) is 4.39 Å². The minimum absolute atomic E-state index is 0.108. The summed E-state index contributed by atoms with van der Waals surface area (Å²) < 4.78 is 40.4. The van der Waals surface area contributed by atoms with Crippen molar-refractivity contribution in [3.8, 4) is 0 Å². The summed E-state index contributed by atoms with van der Waals surface area (Å²) in [5.74, 6) is -0.445. The van der Waals surface area contributed by atoms with Crippen LogP contribution in [0.2, 0.25) is 0 Å². The van der Waals surface area contributed by atoms with E-state index in [1.165, 1.54) is 16.4 Å². The van der Waals surface area contributed by atoms with Gasteiger partial charge in [0.2, 0.25) is 15.9 Å². The molecule has 0 atom stereocenters. The van der Waals surface area contributed by atoms with Crippen molar-refractivity contribution in [3.05, 3.63) is 65.5 Å². The molecule has 2 aromatic rings. The largest absolute Gasteiger partial charge is 0.351 e. The van der Waals surface area contributed by atoms with Crippen LogP contribution < -0.4 is 5.32 Å². The Morgan fingerprint density at radius 2 is 1.72 bits per heavy atom. The van der Waals surface area contributed by atoms with Crippen LogP contribution in [0.15, 0.2) is 53.4 Å². The second kappa shape index (κ2) is 7.88. The highest BCUT2D eigenvalue weighted by atomic mass is 32.2. The lowest BCUT2D eigenvalue weighted by atomic mass is 9.64. The molecule has 2 aromatic carbocycles. The van der Waals surface area contributed by atoms with E-state index in [9.17, 15) is 17.6 Å². The number of sulfonamides is 1. The van der Waals surface area contributed by atoms with Crippen molar-refractivity contribution < 1.29 is 17.6 Å². The van der Waals surface area contributed by atoms with Gasteiger partial charge in [-0.05, 0) is 61.1 Å². The maximum atomic E-state index is 13.6. The Morgan fingerprint density at radius 3 is 2.31 bits per heavy atom. The number of amides is 1. The molecular formula is C22H25FN2O3S. The van der Waals surface area contributed by atoms with Crippen LogP contribution in [0.3, 0.4) is 0 Å². The molecule has 7 heteroatoms. The zero-order valence-electron chi connectivity index (χ0n) is 16.2. The van der Waals surface area contributed by atoms with Gasteiger partial charge in [-0.25, -0.2) is 12.8 Å². The molecule has 0 aromatic heterocycles. The van der Waals surface area contributed by atoms with Crippen molar-refractivity contribution in [2.24, 2.45) is 0 Å². The molecular weight excluding hydrogens is 391 g/mol. The zero-order valence-corrected chi connectivity index (χ0v) is 17.1. The summed E-state index contributed by atoms with van der Waals surface area (Å²) in [6, 6.07) is 12.9. The van der Waals surface area contributed by atoms with E-state index in [1.807, 2.05) is 0 Å². The summed E-state index contributed by atoms with van der Waals surface area (Å²) >= 11 is 0. The van der Waals surface area contributed by atoms with E-state index in [0.29, 0.717) is 38.0 Å². The molecule has 1 N–H and O–H groups in total. The second-order valence-corrected chi connectivity index (χ2v) is 9.82. The standard InChI is InChI=1S/C22H25FN2O3S/c23-19-6-3-5-18(15-19)22(11-4-12-22)21(26)24-16-17-7-9-20(10-8-17)29(27,28)25-13-1-2-14-25/h3,5-10,15H,1-2,4,11-14,16H2,(H,24,26). The van der Waals surface area contributed by atoms with Crippen molar-refractivity contribution in [1.82, 2.24) is 9.62 Å². The summed E-state index contributed by atoms with van der Waals surface area (Å²) in [5.41, 5.74) is 0.877. The fraction of sp³-hybridized carbons (Fsp3) is 0.409. The van der Waals surface area contributed by atoms with Gasteiger partial charge in [0.1, 0.15) is 5.82 Å². The van der Waals surface area contributed by atoms with Gasteiger partial charge in [-0.3, -0.25) is 4.79 Å². The molecule has 4 rings (SSSR count). The van der Waals surface area contributed by atoms with Gasteiger partial charge in [0.15, 0.2) is 0 Å². The van der Waals surface area contributed by atoms with Crippen LogP contribution in [-0.4, -0.2) is 31.7 Å². The number of halogens is 1. The Kier molecular flexibility index (Phi) is 5.44. The summed E-state index contributed by atoms with van der Waals surface area (Å²) in [7, 11) is -3.43. The van der Waals surface area contributed by atoms with Gasteiger partial charge in [-0.15, -0.1) is 0 Å². The number of carbonyl (C=O) groups excluding carboxylic acids is 1. The number of hydrogen-bond acceptors (Lipinski definition) is 3. The van der Waals surface area contributed by atoms with Crippen molar-refractivity contribution in [2.75, 3.05) is 13.1 Å². The average molecular weight is 417 g/mol. The van der Waals surface area contributed by atoms with Gasteiger partial charge in [-0.2, -0.15) is 4.31 Å². The van der Waals surface area contributed by atoms with Gasteiger partial charge in [0, 0.05) is 19.6 Å². The Morgan fingerprint density at radius 1 is 1.03 bits per heavy atom. The zero-order chi connectivity index (χ0) is 20.5. The van der Waals surface area contributed by atoms with E-state index in [2.05, 4.69) is 5.32 Å². The van der Waals surface area contributed by atoms with Gasteiger partial charge in [0.25, 0.3) is 0 Å². The smallest absolute Gasteiger partial charge is 0.243 e. The first-order valence-corrected chi connectivity index (χ1v) is 11.5. The van der Waals surface area contributed by atoms with Crippen molar-refractivity contribution >= 4 is 15.9 Å². The van der Waals surface area contributed by atoms with E-state index >= 15 is 0 Å². The minimum Gasteiger partial charge on any atom is -0.351 e. The number of nitrogens with one attached hydrogen (secondary N) is 1. The summed E-state index contributed by atoms with van der Waals surface area (Å²) in [6.07, 6.45) is 4.14. The normalized spacial score (nSPS) is 18.9. The molecule has 29 heavy (non-hydrogen) atoms. The fourth-order valence-electron chi connectivity index (χ4n) is 4.17. The molecule has 0 unspecified atom stereocenters. The first kappa shape index (κ1) is 20.0. The Balaban J connectivity index is 1.43. The number of rotatable bonds is 6. The van der Waals surface area contributed by atoms with Crippen molar-refractivity contribution in [3.63, 3.8) is 0 Å². The fourth-order valence-corrected chi connectivity index (χ4v) is 5.69. The first-order valence-electron chi connectivity index (χ1n) is 10.1. The number of benzene rings is 2. The third-order valence-electron chi connectivity index (χ3n) is 6.10. The van der Waals surface area contributed by atoms with Crippen molar-refractivity contribution in [2.45, 2.75) is 49.0 Å². The molecule has 2 aliphatic rings. The maximum absolute atomic E-state index is 13.6. The minimum atomic E-state index is -3.43. The van der Waals surface area contributed by atoms with Crippen LogP contribution in [0, 0.1) is 5.82 Å². The highest BCUT2D eigenvalue weighted by Gasteiger charge is 2.45. The van der Waals surface area contributed by atoms with E-state index in [4.69, 9.17) is 0 Å². The van der Waals surface area contributed by atoms with Crippen LogP contribution >= 0.6 is 0 Å². The Bertz CT molecular complexity index is 995. The molecule has 1 heterocycles. The van der Waals surface area contributed by atoms with Crippen LogP contribution in [0.5, 0.6) is 0 Å². The molecule has 0 radical (unpaired) electrons. The third kappa shape index (κ3) is 3.81. The lowest BCUT2D eigenvalue weighted by molar-refractivity contribution is -0.130. The summed E-state index contributed by atoms with van der Waals surface area (Å²) in [5, 5.41) is 2.95. The molecule has 0 bridgehead atoms. The number of hydrogen-bond donors (Lipinski definition) is 1. The van der Waals surface area contributed by atoms with E-state index in [1.54, 1.807) is 36.4 Å². The topological polar surface area (TPSA) is 66.5 Å². The molecule has 1 amide bonds. The van der Waals surface area contributed by atoms with Gasteiger partial charge in [0.05, 0.1) is 10.3 Å². The van der Waals surface area contributed by atoms with E-state index < -0.39 is 15.4 Å². The molecule has 1 aliphatic heterocycles. The second-order valence-electron chi connectivity index (χ2n) is 7.88. The first-order chi connectivity index (χ1) is 13.9. The highest BCUT2D eigenvalue weighted by molar-refractivity contribution is 7.89. The molecule has 1 saturated heterocycles. The highest BCUT2D eigenvalue weighted by Crippen LogP contribution is 2.44. The lowest BCUT2D eigenvalue weighted by Gasteiger charge is -2.40. The molecule has 154 valence electrons. The predicted octanol–water partition coefficient (Wildman–Crippen LogP) is 3.35. The average Bonchev–Trinajstić information content (AvgIpc) is 3.22. The predicted molar refractivity (Wildman–Crippen MR) is 108 cm³/mol.